The molecule has 7 heteroatoms. The van der Waals surface area contributed by atoms with Crippen LogP contribution in [0, 0.1) is 0 Å². The number of hydrogen-bond donors (Lipinski definition) is 0. The Hall–Kier alpha value is -2.76. The second-order valence-electron chi connectivity index (χ2n) is 8.16. The number of cyclic esters (lactones) is 1. The van der Waals surface area contributed by atoms with Crippen LogP contribution in [-0.4, -0.2) is 37.1 Å². The summed E-state index contributed by atoms with van der Waals surface area (Å²) in [4.78, 5) is 21.8. The topological polar surface area (TPSA) is 45.7 Å². The van der Waals surface area contributed by atoms with E-state index in [4.69, 9.17) is 27.9 Å². The molecule has 1 aliphatic heterocycles. The van der Waals surface area contributed by atoms with E-state index in [0.29, 0.717) is 32.3 Å². The Kier molecular flexibility index (Phi) is 7.06. The van der Waals surface area contributed by atoms with E-state index in [1.54, 1.807) is 18.5 Å². The molecule has 2 aromatic carbocycles. The van der Waals surface area contributed by atoms with Crippen molar-refractivity contribution in [1.29, 1.82) is 0 Å². The molecule has 0 unspecified atom stereocenters. The molecule has 178 valence electrons. The van der Waals surface area contributed by atoms with E-state index < -0.39 is 11.6 Å². The highest BCUT2D eigenvalue weighted by molar-refractivity contribution is 6.33. The van der Waals surface area contributed by atoms with Crippen molar-refractivity contribution in [3.05, 3.63) is 87.2 Å². The summed E-state index contributed by atoms with van der Waals surface area (Å²) < 4.78 is 6.18. The third-order valence-corrected chi connectivity index (χ3v) is 7.21. The average Bonchev–Trinajstić information content (AvgIpc) is 3.14. The van der Waals surface area contributed by atoms with Crippen molar-refractivity contribution in [1.82, 2.24) is 4.98 Å². The van der Waals surface area contributed by atoms with Gasteiger partial charge in [-0.05, 0) is 58.0 Å². The molecule has 4 rings (SSSR count). The summed E-state index contributed by atoms with van der Waals surface area (Å²) in [5, 5.41) is 0.996. The number of nitrogens with zero attached hydrogens (tertiary/aromatic N) is 3. The number of esters is 1. The largest absolute Gasteiger partial charge is 0.440 e. The molecule has 1 aromatic heterocycles. The van der Waals surface area contributed by atoms with Crippen molar-refractivity contribution < 1.29 is 9.53 Å². The minimum absolute atomic E-state index is 0.426. The summed E-state index contributed by atoms with van der Waals surface area (Å²) in [5.41, 5.74) is 3.13. The number of rotatable bonds is 8. The molecule has 5 nitrogen and oxygen atoms in total. The lowest BCUT2D eigenvalue weighted by atomic mass is 9.80. The Bertz CT molecular complexity index is 1140. The highest BCUT2D eigenvalue weighted by atomic mass is 35.5. The van der Waals surface area contributed by atoms with E-state index in [-0.39, 0.29) is 0 Å². The Morgan fingerprint density at radius 1 is 0.794 bits per heavy atom. The van der Waals surface area contributed by atoms with Crippen molar-refractivity contribution >= 4 is 40.5 Å². The van der Waals surface area contributed by atoms with Crippen LogP contribution in [0.5, 0.6) is 0 Å². The molecule has 0 atom stereocenters. The van der Waals surface area contributed by atoms with Crippen molar-refractivity contribution in [2.75, 3.05) is 36.0 Å². The zero-order valence-corrected chi connectivity index (χ0v) is 21.5. The maximum atomic E-state index is 13.0. The van der Waals surface area contributed by atoms with Crippen LogP contribution >= 0.6 is 23.2 Å². The molecule has 0 bridgehead atoms. The van der Waals surface area contributed by atoms with Crippen LogP contribution in [-0.2, 0) is 10.3 Å². The SMILES string of the molecule is CCN(CC)c1ccc(C2(c3ccc(N(CC)CC)cc3Cl)OC(=O)c3ccncc32)c(Cl)c1. The van der Waals surface area contributed by atoms with Crippen molar-refractivity contribution in [3.63, 3.8) is 0 Å². The second kappa shape index (κ2) is 9.85. The lowest BCUT2D eigenvalue weighted by Crippen LogP contribution is -2.31. The van der Waals surface area contributed by atoms with Crippen LogP contribution in [0.2, 0.25) is 10.0 Å². The van der Waals surface area contributed by atoms with Crippen LogP contribution in [0.15, 0.2) is 54.9 Å². The zero-order chi connectivity index (χ0) is 24.5. The summed E-state index contributed by atoms with van der Waals surface area (Å²) in [6, 6.07) is 13.4. The van der Waals surface area contributed by atoms with Crippen molar-refractivity contribution in [3.8, 4) is 0 Å². The van der Waals surface area contributed by atoms with Gasteiger partial charge in [0.15, 0.2) is 5.60 Å². The van der Waals surface area contributed by atoms with Crippen LogP contribution in [0.25, 0.3) is 0 Å². The predicted molar refractivity (Wildman–Crippen MR) is 140 cm³/mol. The lowest BCUT2D eigenvalue weighted by Gasteiger charge is -2.33. The quantitative estimate of drug-likeness (QED) is 0.330. The molecule has 0 radical (unpaired) electrons. The first kappa shape index (κ1) is 24.4. The summed E-state index contributed by atoms with van der Waals surface area (Å²) in [6.45, 7) is 11.8. The molecule has 3 aromatic rings. The first-order chi connectivity index (χ1) is 16.4. The zero-order valence-electron chi connectivity index (χ0n) is 19.9. The fraction of sp³-hybridized carbons (Fsp3) is 0.333. The highest BCUT2D eigenvalue weighted by Gasteiger charge is 2.51. The van der Waals surface area contributed by atoms with Gasteiger partial charge < -0.3 is 14.5 Å². The number of carbonyl (C=O) groups excluding carboxylic acids is 1. The number of pyridine rings is 1. The first-order valence-corrected chi connectivity index (χ1v) is 12.4. The minimum Gasteiger partial charge on any atom is -0.440 e. The van der Waals surface area contributed by atoms with Gasteiger partial charge in [-0.1, -0.05) is 35.3 Å². The van der Waals surface area contributed by atoms with E-state index in [9.17, 15) is 4.79 Å². The summed E-state index contributed by atoms with van der Waals surface area (Å²) in [5.74, 6) is -0.426. The normalized spacial score (nSPS) is 14.0. The number of aromatic nitrogens is 1. The molecule has 0 aliphatic carbocycles. The van der Waals surface area contributed by atoms with Gasteiger partial charge in [0, 0.05) is 66.6 Å². The standard InChI is InChI=1S/C27H29Cl2N3O2/c1-5-31(6-2)18-9-11-21(24(28)15-18)27(23-17-30-14-13-20(23)26(33)34-27)22-12-10-19(16-25(22)29)32(7-3)8-4/h9-17H,5-8H2,1-4H3. The Morgan fingerprint density at radius 2 is 1.29 bits per heavy atom. The fourth-order valence-corrected chi connectivity index (χ4v) is 5.41. The summed E-state index contributed by atoms with van der Waals surface area (Å²) in [7, 11) is 0. The number of carbonyl (C=O) groups is 1. The van der Waals surface area contributed by atoms with Crippen molar-refractivity contribution in [2.45, 2.75) is 33.3 Å². The van der Waals surface area contributed by atoms with Gasteiger partial charge in [0.05, 0.1) is 15.6 Å². The Balaban J connectivity index is 1.96. The number of hydrogen-bond acceptors (Lipinski definition) is 5. The molecule has 0 saturated heterocycles. The third kappa shape index (κ3) is 3.91. The van der Waals surface area contributed by atoms with E-state index in [1.165, 1.54) is 0 Å². The van der Waals surface area contributed by atoms with E-state index in [2.05, 4.69) is 42.5 Å². The van der Waals surface area contributed by atoms with Crippen LogP contribution in [0.1, 0.15) is 54.7 Å². The third-order valence-electron chi connectivity index (χ3n) is 6.59. The van der Waals surface area contributed by atoms with Crippen LogP contribution in [0.4, 0.5) is 11.4 Å². The molecule has 34 heavy (non-hydrogen) atoms. The van der Waals surface area contributed by atoms with Gasteiger partial charge in [0.25, 0.3) is 0 Å². The van der Waals surface area contributed by atoms with E-state index >= 15 is 0 Å². The number of ether oxygens (including phenoxy) is 1. The maximum absolute atomic E-state index is 13.0. The number of fused-ring (bicyclic) bond motifs is 1. The summed E-state index contributed by atoms with van der Waals surface area (Å²) in [6.07, 6.45) is 3.26. The molecule has 1 aliphatic rings. The van der Waals surface area contributed by atoms with E-state index in [0.717, 1.165) is 37.6 Å². The number of halogens is 2. The van der Waals surface area contributed by atoms with Gasteiger partial charge in [0.1, 0.15) is 0 Å². The smallest absolute Gasteiger partial charge is 0.340 e. The molecule has 0 fully saturated rings. The van der Waals surface area contributed by atoms with E-state index in [1.807, 2.05) is 36.4 Å². The highest BCUT2D eigenvalue weighted by Crippen LogP contribution is 2.51. The number of benzene rings is 2. The van der Waals surface area contributed by atoms with Gasteiger partial charge >= 0.3 is 5.97 Å². The molecular formula is C27H29Cl2N3O2. The van der Waals surface area contributed by atoms with Crippen LogP contribution < -0.4 is 9.80 Å². The predicted octanol–water partition coefficient (Wildman–Crippen LogP) is 6.54. The molecule has 0 saturated carbocycles. The Labute approximate surface area is 211 Å². The van der Waals surface area contributed by atoms with Gasteiger partial charge in [-0.3, -0.25) is 4.98 Å². The minimum atomic E-state index is -1.29. The van der Waals surface area contributed by atoms with Gasteiger partial charge in [-0.15, -0.1) is 0 Å². The monoisotopic (exact) mass is 497 g/mol. The van der Waals surface area contributed by atoms with Crippen LogP contribution in [0.3, 0.4) is 0 Å². The number of anilines is 2. The second-order valence-corrected chi connectivity index (χ2v) is 8.98. The molecular weight excluding hydrogens is 469 g/mol. The first-order valence-electron chi connectivity index (χ1n) is 11.7. The summed E-state index contributed by atoms with van der Waals surface area (Å²) >= 11 is 13.8. The lowest BCUT2D eigenvalue weighted by molar-refractivity contribution is 0.0252. The fourth-order valence-electron chi connectivity index (χ4n) is 4.80. The van der Waals surface area contributed by atoms with Crippen molar-refractivity contribution in [2.24, 2.45) is 0 Å². The molecule has 0 N–H and O–H groups in total. The maximum Gasteiger partial charge on any atom is 0.340 e. The average molecular weight is 498 g/mol. The Morgan fingerprint density at radius 3 is 1.74 bits per heavy atom. The van der Waals surface area contributed by atoms with Gasteiger partial charge in [-0.2, -0.15) is 0 Å². The van der Waals surface area contributed by atoms with Gasteiger partial charge in [-0.25, -0.2) is 4.79 Å². The van der Waals surface area contributed by atoms with Gasteiger partial charge in [0.2, 0.25) is 0 Å². The molecule has 0 spiro atoms. The molecule has 2 heterocycles. The molecule has 0 amide bonds.